The van der Waals surface area contributed by atoms with E-state index in [2.05, 4.69) is 0 Å². The van der Waals surface area contributed by atoms with Gasteiger partial charge >= 0.3 is 0 Å². The van der Waals surface area contributed by atoms with E-state index in [0.29, 0.717) is 37.8 Å². The van der Waals surface area contributed by atoms with Crippen LogP contribution >= 0.6 is 11.6 Å². The second-order valence-electron chi connectivity index (χ2n) is 9.76. The fourth-order valence-corrected chi connectivity index (χ4v) is 8.52. The van der Waals surface area contributed by atoms with Crippen LogP contribution < -0.4 is 9.47 Å². The van der Waals surface area contributed by atoms with Crippen LogP contribution in [-0.2, 0) is 20.0 Å². The molecule has 0 aromatic heterocycles. The molecule has 10 nitrogen and oxygen atoms in total. The van der Waals surface area contributed by atoms with Gasteiger partial charge in [0.15, 0.2) is 11.5 Å². The summed E-state index contributed by atoms with van der Waals surface area (Å²) in [5.41, 5.74) is 0.196. The molecule has 38 heavy (non-hydrogen) atoms. The number of rotatable bonds is 5. The minimum Gasteiger partial charge on any atom is -0.486 e. The Kier molecular flexibility index (Phi) is 7.62. The van der Waals surface area contributed by atoms with Crippen LogP contribution in [0.15, 0.2) is 46.2 Å². The van der Waals surface area contributed by atoms with E-state index in [-0.39, 0.29) is 58.4 Å². The third kappa shape index (κ3) is 5.24. The molecule has 3 aliphatic rings. The number of piperazine rings is 1. The summed E-state index contributed by atoms with van der Waals surface area (Å²) < 4.78 is 66.8. The molecule has 1 atom stereocenters. The van der Waals surface area contributed by atoms with E-state index < -0.39 is 20.0 Å². The molecule has 3 heterocycles. The van der Waals surface area contributed by atoms with E-state index in [4.69, 9.17) is 21.1 Å². The van der Waals surface area contributed by atoms with Gasteiger partial charge in [0, 0.05) is 50.9 Å². The maximum absolute atomic E-state index is 13.3. The zero-order valence-corrected chi connectivity index (χ0v) is 23.4. The van der Waals surface area contributed by atoms with E-state index in [1.807, 2.05) is 6.92 Å². The van der Waals surface area contributed by atoms with Gasteiger partial charge in [-0.25, -0.2) is 16.8 Å². The van der Waals surface area contributed by atoms with Crippen molar-refractivity contribution in [1.29, 1.82) is 0 Å². The highest BCUT2D eigenvalue weighted by Gasteiger charge is 2.34. The van der Waals surface area contributed by atoms with Crippen LogP contribution in [0.1, 0.15) is 30.1 Å². The van der Waals surface area contributed by atoms with Crippen molar-refractivity contribution in [2.45, 2.75) is 29.6 Å². The second kappa shape index (κ2) is 10.6. The first-order valence-corrected chi connectivity index (χ1v) is 15.8. The first-order chi connectivity index (χ1) is 18.1. The van der Waals surface area contributed by atoms with Crippen molar-refractivity contribution in [1.82, 2.24) is 13.5 Å². The molecular weight excluding hydrogens is 554 g/mol. The lowest BCUT2D eigenvalue weighted by atomic mass is 10.0. The van der Waals surface area contributed by atoms with E-state index >= 15 is 0 Å². The van der Waals surface area contributed by atoms with Crippen molar-refractivity contribution in [3.63, 3.8) is 0 Å². The summed E-state index contributed by atoms with van der Waals surface area (Å²) in [5.74, 6) is 0.766. The largest absolute Gasteiger partial charge is 0.486 e. The van der Waals surface area contributed by atoms with Gasteiger partial charge in [0.25, 0.3) is 5.91 Å². The van der Waals surface area contributed by atoms with Gasteiger partial charge < -0.3 is 14.4 Å². The van der Waals surface area contributed by atoms with Crippen molar-refractivity contribution in [3.8, 4) is 11.5 Å². The highest BCUT2D eigenvalue weighted by molar-refractivity contribution is 7.89. The van der Waals surface area contributed by atoms with Crippen molar-refractivity contribution in [3.05, 3.63) is 47.0 Å². The smallest absolute Gasteiger partial charge is 0.253 e. The number of fused-ring (bicyclic) bond motifs is 1. The lowest BCUT2D eigenvalue weighted by Gasteiger charge is -2.34. The molecule has 0 N–H and O–H groups in total. The Labute approximate surface area is 228 Å². The van der Waals surface area contributed by atoms with Gasteiger partial charge in [0.2, 0.25) is 20.0 Å². The van der Waals surface area contributed by atoms with Crippen LogP contribution in [0.3, 0.4) is 0 Å². The van der Waals surface area contributed by atoms with E-state index in [9.17, 15) is 21.6 Å². The third-order valence-electron chi connectivity index (χ3n) is 7.09. The molecule has 0 unspecified atom stereocenters. The number of benzene rings is 2. The zero-order valence-electron chi connectivity index (χ0n) is 21.0. The maximum atomic E-state index is 13.3. The Morgan fingerprint density at radius 2 is 1.58 bits per heavy atom. The van der Waals surface area contributed by atoms with Crippen LogP contribution in [0.5, 0.6) is 11.5 Å². The SMILES string of the molecule is C[C@@H]1CCCN(S(=O)(=O)c2cc(C(=O)N3CCN(S(=O)(=O)c4ccc5c(c4)OCCO5)CC3)ccc2Cl)C1. The normalized spacial score (nSPS) is 21.3. The Morgan fingerprint density at radius 1 is 0.868 bits per heavy atom. The minimum absolute atomic E-state index is 0.0649. The molecular formula is C25H30ClN3O7S2. The third-order valence-corrected chi connectivity index (χ3v) is 11.3. The fourth-order valence-electron chi connectivity index (χ4n) is 4.99. The lowest BCUT2D eigenvalue weighted by molar-refractivity contribution is 0.0697. The van der Waals surface area contributed by atoms with Crippen LogP contribution in [0.2, 0.25) is 5.02 Å². The second-order valence-corrected chi connectivity index (χ2v) is 14.0. The molecule has 0 bridgehead atoms. The van der Waals surface area contributed by atoms with Crippen LogP contribution in [0.25, 0.3) is 0 Å². The molecule has 0 radical (unpaired) electrons. The number of ether oxygens (including phenoxy) is 2. The summed E-state index contributed by atoms with van der Waals surface area (Å²) in [4.78, 5) is 14.8. The number of nitrogens with zero attached hydrogens (tertiary/aromatic N) is 3. The first-order valence-electron chi connectivity index (χ1n) is 12.6. The summed E-state index contributed by atoms with van der Waals surface area (Å²) in [6, 6.07) is 8.78. The molecule has 206 valence electrons. The Morgan fingerprint density at radius 3 is 2.29 bits per heavy atom. The molecule has 2 aromatic rings. The number of amides is 1. The van der Waals surface area contributed by atoms with Gasteiger partial charge in [-0.3, -0.25) is 4.79 Å². The first kappa shape index (κ1) is 27.2. The molecule has 2 saturated heterocycles. The zero-order chi connectivity index (χ0) is 27.1. The lowest BCUT2D eigenvalue weighted by Crippen LogP contribution is -2.50. The number of piperidine rings is 1. The predicted octanol–water partition coefficient (Wildman–Crippen LogP) is 2.68. The van der Waals surface area contributed by atoms with Crippen LogP contribution in [-0.4, -0.2) is 88.7 Å². The van der Waals surface area contributed by atoms with Crippen molar-refractivity contribution in [2.24, 2.45) is 5.92 Å². The average Bonchev–Trinajstić information content (AvgIpc) is 2.92. The molecule has 2 aromatic carbocycles. The summed E-state index contributed by atoms with van der Waals surface area (Å²) in [6.07, 6.45) is 1.74. The molecule has 13 heteroatoms. The minimum atomic E-state index is -3.85. The quantitative estimate of drug-likeness (QED) is 0.532. The van der Waals surface area contributed by atoms with Crippen molar-refractivity contribution >= 4 is 37.6 Å². The number of carbonyl (C=O) groups excluding carboxylic acids is 1. The molecule has 5 rings (SSSR count). The highest BCUT2D eigenvalue weighted by atomic mass is 35.5. The van der Waals surface area contributed by atoms with Gasteiger partial charge in [-0.2, -0.15) is 8.61 Å². The molecule has 2 fully saturated rings. The molecule has 0 saturated carbocycles. The monoisotopic (exact) mass is 583 g/mol. The molecule has 1 amide bonds. The van der Waals surface area contributed by atoms with Crippen LogP contribution in [0, 0.1) is 5.92 Å². The topological polar surface area (TPSA) is 114 Å². The number of carbonyl (C=O) groups is 1. The number of sulfonamides is 2. The molecule has 0 aliphatic carbocycles. The van der Waals surface area contributed by atoms with Gasteiger partial charge in [-0.15, -0.1) is 0 Å². The van der Waals surface area contributed by atoms with Gasteiger partial charge in [-0.1, -0.05) is 18.5 Å². The predicted molar refractivity (Wildman–Crippen MR) is 141 cm³/mol. The maximum Gasteiger partial charge on any atom is 0.253 e. The Balaban J connectivity index is 1.29. The molecule has 0 spiro atoms. The van der Waals surface area contributed by atoms with Gasteiger partial charge in [0.05, 0.1) is 9.92 Å². The van der Waals surface area contributed by atoms with E-state index in [1.54, 1.807) is 6.07 Å². The number of halogens is 1. The Hall–Kier alpha value is -2.38. The van der Waals surface area contributed by atoms with E-state index in [1.165, 1.54) is 43.8 Å². The number of hydrogen-bond donors (Lipinski definition) is 0. The molecule has 3 aliphatic heterocycles. The summed E-state index contributed by atoms with van der Waals surface area (Å²) in [6.45, 7) is 4.14. The standard InChI is InChI=1S/C25H30ClN3O7S2/c1-18-3-2-8-29(17-18)38(33,34)24-15-19(4-6-21(24)26)25(30)27-9-11-28(12-10-27)37(31,32)20-5-7-22-23(16-20)36-14-13-35-22/h4-7,15-16,18H,2-3,8-14,17H2,1H3/t18-/m1/s1. The van der Waals surface area contributed by atoms with Crippen LogP contribution in [0.4, 0.5) is 0 Å². The summed E-state index contributed by atoms with van der Waals surface area (Å²) in [5, 5.41) is 0.0649. The fraction of sp³-hybridized carbons (Fsp3) is 0.480. The summed E-state index contributed by atoms with van der Waals surface area (Å²) in [7, 11) is -7.65. The summed E-state index contributed by atoms with van der Waals surface area (Å²) >= 11 is 6.28. The Bertz CT molecular complexity index is 1440. The van der Waals surface area contributed by atoms with Crippen molar-refractivity contribution < 1.29 is 31.1 Å². The van der Waals surface area contributed by atoms with Gasteiger partial charge in [0.1, 0.15) is 18.1 Å². The number of hydrogen-bond acceptors (Lipinski definition) is 7. The van der Waals surface area contributed by atoms with Crippen molar-refractivity contribution in [2.75, 3.05) is 52.5 Å². The highest BCUT2D eigenvalue weighted by Crippen LogP contribution is 2.34. The van der Waals surface area contributed by atoms with E-state index in [0.717, 1.165) is 12.8 Å². The average molecular weight is 584 g/mol. The van der Waals surface area contributed by atoms with Gasteiger partial charge in [-0.05, 0) is 49.1 Å².